The number of aliphatic hydroxyl groups excluding tert-OH is 1. The van der Waals surface area contributed by atoms with Crippen LogP contribution >= 0.6 is 0 Å². The number of hydrazone groups is 1. The first kappa shape index (κ1) is 20.0. The molecule has 1 saturated heterocycles. The molecule has 8 heteroatoms. The smallest absolute Gasteiger partial charge is 0.270 e. The monoisotopic (exact) mass is 400 g/mol. The molecule has 1 aromatic rings. The first-order valence-corrected chi connectivity index (χ1v) is 10.3. The summed E-state index contributed by atoms with van der Waals surface area (Å²) < 4.78 is 5.42. The van der Waals surface area contributed by atoms with Gasteiger partial charge in [-0.2, -0.15) is 10.1 Å². The van der Waals surface area contributed by atoms with Gasteiger partial charge in [-0.05, 0) is 31.4 Å². The minimum absolute atomic E-state index is 0.0201. The predicted octanol–water partition coefficient (Wildman–Crippen LogP) is 0.852. The molecule has 156 valence electrons. The highest BCUT2D eigenvalue weighted by molar-refractivity contribution is 6.44. The predicted molar refractivity (Wildman–Crippen MR) is 109 cm³/mol. The largest absolute Gasteiger partial charge is 0.389 e. The zero-order chi connectivity index (χ0) is 20.4. The lowest BCUT2D eigenvalue weighted by molar-refractivity contribution is -0.131. The normalized spacial score (nSPS) is 28.3. The van der Waals surface area contributed by atoms with Crippen molar-refractivity contribution >= 4 is 23.2 Å². The fourth-order valence-electron chi connectivity index (χ4n) is 4.54. The minimum atomic E-state index is -0.626. The van der Waals surface area contributed by atoms with Crippen molar-refractivity contribution in [1.82, 2.24) is 9.80 Å². The van der Waals surface area contributed by atoms with E-state index in [1.165, 1.54) is 5.01 Å². The Morgan fingerprint density at radius 2 is 1.93 bits per heavy atom. The molecule has 0 unspecified atom stereocenters. The Labute approximate surface area is 170 Å². The highest BCUT2D eigenvalue weighted by Crippen LogP contribution is 2.28. The van der Waals surface area contributed by atoms with Gasteiger partial charge in [0.05, 0.1) is 37.5 Å². The molecule has 1 saturated carbocycles. The summed E-state index contributed by atoms with van der Waals surface area (Å²) in [6.45, 7) is 2.96. The van der Waals surface area contributed by atoms with Crippen LogP contribution in [0.3, 0.4) is 0 Å². The van der Waals surface area contributed by atoms with Gasteiger partial charge in [0.25, 0.3) is 11.8 Å². The number of hydrogen-bond donors (Lipinski definition) is 1. The summed E-state index contributed by atoms with van der Waals surface area (Å²) in [4.78, 5) is 29.3. The average molecular weight is 400 g/mol. The lowest BCUT2D eigenvalue weighted by Gasteiger charge is -2.45. The second-order valence-corrected chi connectivity index (χ2v) is 7.89. The van der Waals surface area contributed by atoms with Crippen LogP contribution in [0.2, 0.25) is 0 Å². The molecule has 2 aliphatic heterocycles. The van der Waals surface area contributed by atoms with Crippen LogP contribution < -0.4 is 5.01 Å². The maximum absolute atomic E-state index is 13.1. The molecule has 0 spiro atoms. The summed E-state index contributed by atoms with van der Waals surface area (Å²) in [5.41, 5.74) is 0.870. The lowest BCUT2D eigenvalue weighted by atomic mass is 9.86. The van der Waals surface area contributed by atoms with Gasteiger partial charge in [0.2, 0.25) is 0 Å². The molecule has 4 rings (SSSR count). The Morgan fingerprint density at radius 1 is 1.21 bits per heavy atom. The van der Waals surface area contributed by atoms with Crippen molar-refractivity contribution in [1.29, 1.82) is 0 Å². The maximum Gasteiger partial charge on any atom is 0.270 e. The second-order valence-electron chi connectivity index (χ2n) is 7.89. The maximum atomic E-state index is 13.1. The van der Waals surface area contributed by atoms with E-state index in [2.05, 4.69) is 10.0 Å². The van der Waals surface area contributed by atoms with Crippen LogP contribution in [0, 0.1) is 0 Å². The van der Waals surface area contributed by atoms with E-state index < -0.39 is 6.10 Å². The third kappa shape index (κ3) is 4.05. The fraction of sp³-hybridized carbons (Fsp3) is 0.571. The number of aliphatic hydroxyl groups is 1. The topological polar surface area (TPSA) is 85.7 Å². The number of anilines is 1. The Kier molecular flexibility index (Phi) is 5.94. The van der Waals surface area contributed by atoms with E-state index in [1.807, 2.05) is 18.2 Å². The molecule has 0 aromatic heterocycles. The Bertz CT molecular complexity index is 778. The summed E-state index contributed by atoms with van der Waals surface area (Å²) >= 11 is 0. The SMILES string of the molecule is CN(C(=O)C1=NN(c2ccccc2)C(=O)C1)[C@@H]1CCC[C@@H](N2CCOCC2)[C@@H]1O. The van der Waals surface area contributed by atoms with Crippen LogP contribution in [0.1, 0.15) is 25.7 Å². The number of benzene rings is 1. The van der Waals surface area contributed by atoms with Crippen LogP contribution in [0.15, 0.2) is 35.4 Å². The third-order valence-corrected chi connectivity index (χ3v) is 6.14. The first-order chi connectivity index (χ1) is 14.1. The Balaban J connectivity index is 1.46. The van der Waals surface area contributed by atoms with Crippen LogP contribution in [0.4, 0.5) is 5.69 Å². The van der Waals surface area contributed by atoms with E-state index in [4.69, 9.17) is 4.74 Å². The standard InChI is InChI=1S/C21H28N4O4/c1-23(17-8-5-9-18(20(17)27)24-10-12-29-13-11-24)21(28)16-14-19(26)25(22-16)15-6-3-2-4-7-15/h2-4,6-7,17-18,20,27H,5,8-14H2,1H3/t17-,18-,20-/m1/s1. The molecule has 0 radical (unpaired) electrons. The summed E-state index contributed by atoms with van der Waals surface area (Å²) in [5, 5.41) is 16.6. The molecular weight excluding hydrogens is 372 g/mol. The zero-order valence-electron chi connectivity index (χ0n) is 16.7. The summed E-state index contributed by atoms with van der Waals surface area (Å²) in [6, 6.07) is 8.84. The zero-order valence-corrected chi connectivity index (χ0v) is 16.7. The van der Waals surface area contributed by atoms with E-state index >= 15 is 0 Å². The molecule has 2 heterocycles. The number of nitrogens with zero attached hydrogens (tertiary/aromatic N) is 4. The van der Waals surface area contributed by atoms with Crippen molar-refractivity contribution in [3.05, 3.63) is 30.3 Å². The molecule has 0 bridgehead atoms. The van der Waals surface area contributed by atoms with Crippen LogP contribution in [0.25, 0.3) is 0 Å². The number of morpholine rings is 1. The number of ether oxygens (including phenoxy) is 1. The van der Waals surface area contributed by atoms with Gasteiger partial charge in [-0.15, -0.1) is 0 Å². The summed E-state index contributed by atoms with van der Waals surface area (Å²) in [5.74, 6) is -0.508. The van der Waals surface area contributed by atoms with Crippen LogP contribution in [-0.2, 0) is 14.3 Å². The number of para-hydroxylation sites is 1. The van der Waals surface area contributed by atoms with E-state index in [-0.39, 0.29) is 36.0 Å². The van der Waals surface area contributed by atoms with Gasteiger partial charge in [-0.1, -0.05) is 18.2 Å². The number of amides is 2. The minimum Gasteiger partial charge on any atom is -0.389 e. The summed E-state index contributed by atoms with van der Waals surface area (Å²) in [6.07, 6.45) is 1.96. The average Bonchev–Trinajstić information content (AvgIpc) is 3.16. The van der Waals surface area contributed by atoms with Crippen LogP contribution in [-0.4, -0.2) is 84.0 Å². The molecule has 2 amide bonds. The molecule has 3 aliphatic rings. The molecular formula is C21H28N4O4. The molecule has 1 N–H and O–H groups in total. The molecule has 1 aromatic carbocycles. The van der Waals surface area contributed by atoms with Gasteiger partial charge in [-0.3, -0.25) is 14.5 Å². The van der Waals surface area contributed by atoms with Crippen molar-refractivity contribution < 1.29 is 19.4 Å². The Hall–Kier alpha value is -2.29. The summed E-state index contributed by atoms with van der Waals surface area (Å²) in [7, 11) is 1.70. The third-order valence-electron chi connectivity index (χ3n) is 6.14. The van der Waals surface area contributed by atoms with Gasteiger partial charge in [0.1, 0.15) is 5.71 Å². The molecule has 3 atom stereocenters. The number of carbonyl (C=O) groups is 2. The second kappa shape index (κ2) is 8.61. The van der Waals surface area contributed by atoms with E-state index in [0.717, 1.165) is 32.4 Å². The van der Waals surface area contributed by atoms with Gasteiger partial charge >= 0.3 is 0 Å². The van der Waals surface area contributed by atoms with E-state index in [1.54, 1.807) is 24.1 Å². The lowest BCUT2D eigenvalue weighted by Crippen LogP contribution is -2.59. The Morgan fingerprint density at radius 3 is 2.66 bits per heavy atom. The van der Waals surface area contributed by atoms with E-state index in [0.29, 0.717) is 18.9 Å². The van der Waals surface area contributed by atoms with Crippen molar-refractivity contribution in [2.24, 2.45) is 5.10 Å². The molecule has 8 nitrogen and oxygen atoms in total. The number of rotatable bonds is 4. The van der Waals surface area contributed by atoms with Crippen LogP contribution in [0.5, 0.6) is 0 Å². The van der Waals surface area contributed by atoms with Gasteiger partial charge in [0, 0.05) is 26.2 Å². The van der Waals surface area contributed by atoms with Gasteiger partial charge < -0.3 is 14.7 Å². The van der Waals surface area contributed by atoms with Crippen molar-refractivity contribution in [2.75, 3.05) is 38.4 Å². The fourth-order valence-corrected chi connectivity index (χ4v) is 4.54. The first-order valence-electron chi connectivity index (χ1n) is 10.3. The highest BCUT2D eigenvalue weighted by atomic mass is 16.5. The van der Waals surface area contributed by atoms with Crippen molar-refractivity contribution in [3.8, 4) is 0 Å². The number of hydrogen-bond acceptors (Lipinski definition) is 6. The molecule has 2 fully saturated rings. The number of carbonyl (C=O) groups excluding carboxylic acids is 2. The van der Waals surface area contributed by atoms with E-state index in [9.17, 15) is 14.7 Å². The quantitative estimate of drug-likeness (QED) is 0.810. The molecule has 29 heavy (non-hydrogen) atoms. The van der Waals surface area contributed by atoms with Gasteiger partial charge in [-0.25, -0.2) is 0 Å². The van der Waals surface area contributed by atoms with Gasteiger partial charge in [0.15, 0.2) is 0 Å². The highest BCUT2D eigenvalue weighted by Gasteiger charge is 2.41. The molecule has 1 aliphatic carbocycles. The van der Waals surface area contributed by atoms with Crippen molar-refractivity contribution in [3.63, 3.8) is 0 Å². The number of likely N-dealkylation sites (N-methyl/N-ethyl adjacent to an activating group) is 1. The van der Waals surface area contributed by atoms with Crippen molar-refractivity contribution in [2.45, 2.75) is 43.9 Å².